The first-order valence-electron chi connectivity index (χ1n) is 21.5. The van der Waals surface area contributed by atoms with Crippen molar-refractivity contribution in [1.82, 2.24) is 39.9 Å². The summed E-state index contributed by atoms with van der Waals surface area (Å²) in [5.74, 6) is 2.46. The number of aromatic amines is 2. The van der Waals surface area contributed by atoms with Crippen LogP contribution in [0, 0.1) is 0 Å². The van der Waals surface area contributed by atoms with E-state index in [0.29, 0.717) is 40.2 Å². The van der Waals surface area contributed by atoms with Crippen LogP contribution in [0.15, 0.2) is 182 Å². The molecule has 2 N–H and O–H groups in total. The van der Waals surface area contributed by atoms with E-state index in [2.05, 4.69) is 180 Å². The molecule has 3 aliphatic rings. The van der Waals surface area contributed by atoms with E-state index in [9.17, 15) is 0 Å². The van der Waals surface area contributed by atoms with E-state index in [1.165, 1.54) is 5.56 Å². The molecule has 8 bridgehead atoms. The van der Waals surface area contributed by atoms with E-state index in [-0.39, 0.29) is 5.92 Å². The molecule has 13 rings (SSSR count). The fourth-order valence-electron chi connectivity index (χ4n) is 9.38. The van der Waals surface area contributed by atoms with Crippen LogP contribution in [-0.2, 0) is 6.42 Å². The number of allylic oxidation sites excluding steroid dienone is 1. The van der Waals surface area contributed by atoms with Gasteiger partial charge in [-0.2, -0.15) is 0 Å². The van der Waals surface area contributed by atoms with Crippen LogP contribution in [0.1, 0.15) is 22.6 Å². The molecule has 2 aliphatic heterocycles. The first kappa shape index (κ1) is 36.1. The molecule has 0 radical (unpaired) electrons. The minimum absolute atomic E-state index is 0.165. The number of fused-ring (bicyclic) bond motifs is 20. The lowest BCUT2D eigenvalue weighted by molar-refractivity contribution is 0.833. The van der Waals surface area contributed by atoms with Crippen LogP contribution < -0.4 is 0 Å². The molecule has 0 fully saturated rings. The fourth-order valence-corrected chi connectivity index (χ4v) is 9.38. The molecule has 1 aliphatic carbocycles. The topological polar surface area (TPSA) is 109 Å². The summed E-state index contributed by atoms with van der Waals surface area (Å²) in [5.41, 5.74) is 16.2. The largest absolute Gasteiger partial charge is 0.324 e. The Morgan fingerprint density at radius 3 is 1.39 bits per heavy atom. The van der Waals surface area contributed by atoms with Crippen molar-refractivity contribution in [2.24, 2.45) is 0 Å². The van der Waals surface area contributed by atoms with Crippen molar-refractivity contribution in [3.8, 4) is 78.9 Å². The molecule has 1 unspecified atom stereocenters. The Hall–Kier alpha value is -8.62. The Bertz CT molecular complexity index is 3690. The molecule has 64 heavy (non-hydrogen) atoms. The van der Waals surface area contributed by atoms with Crippen LogP contribution in [0.25, 0.3) is 118 Å². The molecule has 5 heterocycles. The lowest BCUT2D eigenvalue weighted by Gasteiger charge is -2.17. The second-order valence-corrected chi connectivity index (χ2v) is 16.5. The Balaban J connectivity index is 1.13. The van der Waals surface area contributed by atoms with Crippen LogP contribution in [0.3, 0.4) is 0 Å². The summed E-state index contributed by atoms with van der Waals surface area (Å²) < 4.78 is 0. The van der Waals surface area contributed by atoms with Gasteiger partial charge in [-0.3, -0.25) is 0 Å². The van der Waals surface area contributed by atoms with Crippen molar-refractivity contribution in [3.05, 3.63) is 199 Å². The third-order valence-electron chi connectivity index (χ3n) is 12.6. The third kappa shape index (κ3) is 6.07. The number of aromatic nitrogens is 8. The summed E-state index contributed by atoms with van der Waals surface area (Å²) >= 11 is 0. The second-order valence-electron chi connectivity index (χ2n) is 16.5. The number of benzene rings is 7. The van der Waals surface area contributed by atoms with Crippen LogP contribution in [-0.4, -0.2) is 39.9 Å². The summed E-state index contributed by atoms with van der Waals surface area (Å²) in [6.45, 7) is 0. The highest BCUT2D eigenvalue weighted by Crippen LogP contribution is 2.41. The van der Waals surface area contributed by atoms with Gasteiger partial charge in [0.25, 0.3) is 0 Å². The molecule has 10 aromatic rings. The van der Waals surface area contributed by atoms with Gasteiger partial charge in [0.2, 0.25) is 0 Å². The van der Waals surface area contributed by atoms with Crippen molar-refractivity contribution < 1.29 is 0 Å². The van der Waals surface area contributed by atoms with Crippen molar-refractivity contribution in [2.75, 3.05) is 0 Å². The Morgan fingerprint density at radius 2 is 0.812 bits per heavy atom. The summed E-state index contributed by atoms with van der Waals surface area (Å²) in [7, 11) is 0. The molecule has 3 aromatic heterocycles. The summed E-state index contributed by atoms with van der Waals surface area (Å²) in [6.07, 6.45) is 5.20. The first-order valence-corrected chi connectivity index (χ1v) is 21.5. The molecule has 0 spiro atoms. The fraction of sp³-hybridized carbons (Fsp3) is 0.0357. The summed E-state index contributed by atoms with van der Waals surface area (Å²) in [6, 6.07) is 61.2. The molecule has 7 aromatic carbocycles. The highest BCUT2D eigenvalue weighted by atomic mass is 15.1. The van der Waals surface area contributed by atoms with Gasteiger partial charge in [0.1, 0.15) is 22.6 Å². The minimum Gasteiger partial charge on any atom is -0.324 e. The van der Waals surface area contributed by atoms with E-state index in [1.807, 2.05) is 18.2 Å². The van der Waals surface area contributed by atoms with Crippen molar-refractivity contribution in [1.29, 1.82) is 0 Å². The van der Waals surface area contributed by atoms with Crippen molar-refractivity contribution >= 4 is 39.4 Å². The van der Waals surface area contributed by atoms with Crippen LogP contribution in [0.2, 0.25) is 0 Å². The lowest BCUT2D eigenvalue weighted by atomic mass is 9.87. The Labute approximate surface area is 367 Å². The van der Waals surface area contributed by atoms with E-state index in [0.717, 1.165) is 89.6 Å². The molecular weight excluding hydrogens is 785 g/mol. The van der Waals surface area contributed by atoms with Gasteiger partial charge in [-0.05, 0) is 81.8 Å². The van der Waals surface area contributed by atoms with Crippen LogP contribution >= 0.6 is 0 Å². The maximum Gasteiger partial charge on any atom is 0.164 e. The average Bonchev–Trinajstić information content (AvgIpc) is 4.10. The predicted molar refractivity (Wildman–Crippen MR) is 257 cm³/mol. The number of hydrogen-bond donors (Lipinski definition) is 2. The standard InChI is InChI=1S/C56H36N8/c1-5-13-33(14-6-1)37-21-25-41-45(29-37)53-57-49(41)62-54-47-31-39(35-17-9-3-10-18-35)23-27-43(47)51(59-54)64-56-48-32-40(36-19-11-4-12-20-36)24-28-44(48)52(60-56)63-55-46-30-38(34-15-7-2-8-16-34)22-26-42(46)50(58-55)61-53/h1-31,40H,32H2,(H2,57,58,59,60,61,62,63,64). The zero-order valence-corrected chi connectivity index (χ0v) is 34.4. The van der Waals surface area contributed by atoms with Gasteiger partial charge in [-0.25, -0.2) is 29.9 Å². The number of nitrogens with one attached hydrogen (secondary N) is 2. The number of hydrogen-bond acceptors (Lipinski definition) is 6. The number of H-pyrrole nitrogens is 2. The van der Waals surface area contributed by atoms with Gasteiger partial charge in [0, 0.05) is 50.1 Å². The van der Waals surface area contributed by atoms with E-state index < -0.39 is 0 Å². The van der Waals surface area contributed by atoms with E-state index in [1.54, 1.807) is 0 Å². The molecular formula is C56H36N8. The molecule has 0 saturated carbocycles. The number of rotatable bonds is 4. The highest BCUT2D eigenvalue weighted by molar-refractivity contribution is 6.07. The van der Waals surface area contributed by atoms with E-state index >= 15 is 0 Å². The van der Waals surface area contributed by atoms with Crippen LogP contribution in [0.4, 0.5) is 0 Å². The average molecular weight is 821 g/mol. The molecule has 8 heteroatoms. The van der Waals surface area contributed by atoms with Crippen molar-refractivity contribution in [2.45, 2.75) is 12.3 Å². The van der Waals surface area contributed by atoms with Gasteiger partial charge in [0.15, 0.2) is 23.3 Å². The molecule has 8 nitrogen and oxygen atoms in total. The predicted octanol–water partition coefficient (Wildman–Crippen LogP) is 13.1. The summed E-state index contributed by atoms with van der Waals surface area (Å²) in [5, 5.41) is 1.84. The van der Waals surface area contributed by atoms with Gasteiger partial charge in [-0.15, -0.1) is 0 Å². The van der Waals surface area contributed by atoms with Gasteiger partial charge < -0.3 is 9.97 Å². The maximum atomic E-state index is 5.40. The minimum atomic E-state index is 0.165. The van der Waals surface area contributed by atoms with Gasteiger partial charge >= 0.3 is 0 Å². The molecule has 300 valence electrons. The number of nitrogens with zero attached hydrogens (tertiary/aromatic N) is 6. The summed E-state index contributed by atoms with van der Waals surface area (Å²) in [4.78, 5) is 39.3. The Morgan fingerprint density at radius 1 is 0.359 bits per heavy atom. The van der Waals surface area contributed by atoms with Gasteiger partial charge in [-0.1, -0.05) is 152 Å². The zero-order chi connectivity index (χ0) is 42.1. The third-order valence-corrected chi connectivity index (χ3v) is 12.6. The van der Waals surface area contributed by atoms with Gasteiger partial charge in [0.05, 0.1) is 0 Å². The Kier molecular flexibility index (Phi) is 8.17. The smallest absolute Gasteiger partial charge is 0.164 e. The molecule has 0 saturated heterocycles. The zero-order valence-electron chi connectivity index (χ0n) is 34.4. The lowest BCUT2D eigenvalue weighted by Crippen LogP contribution is -2.04. The SMILES string of the molecule is C1=CC(c2ccccc2)Cc2c1c1nc3nc(nc4[nH]c(nc5nc(nc2[nH]1)-c1ccc(-c2ccccc2)cc1-5)c1ccc(-c2ccccc2)cc41)-c1ccc(-c2ccccc2)cc1-3. The second kappa shape index (κ2) is 14.5. The molecule has 1 atom stereocenters. The molecule has 0 amide bonds. The van der Waals surface area contributed by atoms with Crippen LogP contribution in [0.5, 0.6) is 0 Å². The van der Waals surface area contributed by atoms with E-state index in [4.69, 9.17) is 29.9 Å². The highest BCUT2D eigenvalue weighted by Gasteiger charge is 2.26. The maximum absolute atomic E-state index is 5.40. The first-order chi connectivity index (χ1) is 31.7. The quantitative estimate of drug-likeness (QED) is 0.183. The monoisotopic (exact) mass is 820 g/mol. The van der Waals surface area contributed by atoms with Crippen molar-refractivity contribution in [3.63, 3.8) is 0 Å². The normalized spacial score (nSPS) is 13.7.